The Kier molecular flexibility index (Phi) is 3.19. The van der Waals surface area contributed by atoms with Crippen molar-refractivity contribution in [3.8, 4) is 0 Å². The average Bonchev–Trinajstić information content (AvgIpc) is 2.33. The van der Waals surface area contributed by atoms with Crippen molar-refractivity contribution in [2.75, 3.05) is 6.54 Å². The molecule has 1 aliphatic rings. The first-order chi connectivity index (χ1) is 7.77. The summed E-state index contributed by atoms with van der Waals surface area (Å²) in [5.74, 6) is -0.230. The number of nitrogens with zero attached hydrogens (tertiary/aromatic N) is 1. The number of nitrogens with one attached hydrogen (secondary N) is 1. The maximum Gasteiger partial charge on any atom is 0.269 e. The van der Waals surface area contributed by atoms with E-state index in [4.69, 9.17) is 0 Å². The van der Waals surface area contributed by atoms with Crippen LogP contribution in [0.5, 0.6) is 0 Å². The predicted molar refractivity (Wildman–Crippen MR) is 59.5 cm³/mol. The highest BCUT2D eigenvalue weighted by molar-refractivity contribution is 5.95. The molecule has 1 aromatic carbocycles. The van der Waals surface area contributed by atoms with Crippen LogP contribution in [-0.2, 0) is 4.79 Å². The SMILES string of the molecule is O=C(NN1CCCCC1=O)c1ccccc1. The fraction of sp³-hybridized carbons (Fsp3) is 0.333. The lowest BCUT2D eigenvalue weighted by Gasteiger charge is -2.26. The van der Waals surface area contributed by atoms with Crippen LogP contribution >= 0.6 is 0 Å². The van der Waals surface area contributed by atoms with E-state index in [1.165, 1.54) is 5.01 Å². The molecule has 1 saturated heterocycles. The lowest BCUT2D eigenvalue weighted by atomic mass is 10.1. The Bertz CT molecular complexity index is 389. The second-order valence-electron chi connectivity index (χ2n) is 3.81. The van der Waals surface area contributed by atoms with Crippen LogP contribution in [0.25, 0.3) is 0 Å². The van der Waals surface area contributed by atoms with E-state index in [-0.39, 0.29) is 11.8 Å². The molecule has 2 amide bonds. The summed E-state index contributed by atoms with van der Waals surface area (Å²) in [4.78, 5) is 23.2. The van der Waals surface area contributed by atoms with Gasteiger partial charge in [-0.1, -0.05) is 18.2 Å². The Morgan fingerprint density at radius 1 is 1.19 bits per heavy atom. The van der Waals surface area contributed by atoms with Gasteiger partial charge in [0.25, 0.3) is 5.91 Å². The summed E-state index contributed by atoms with van der Waals surface area (Å²) in [5.41, 5.74) is 3.20. The highest BCUT2D eigenvalue weighted by atomic mass is 16.2. The largest absolute Gasteiger partial charge is 0.273 e. The van der Waals surface area contributed by atoms with Crippen LogP contribution in [0.3, 0.4) is 0 Å². The Labute approximate surface area is 94.2 Å². The standard InChI is InChI=1S/C12H14N2O2/c15-11-8-4-5-9-14(11)13-12(16)10-6-2-1-3-7-10/h1-3,6-7H,4-5,8-9H2,(H,13,16). The van der Waals surface area contributed by atoms with Crippen molar-refractivity contribution in [2.24, 2.45) is 0 Å². The molecule has 1 heterocycles. The van der Waals surface area contributed by atoms with Gasteiger partial charge in [0.05, 0.1) is 0 Å². The Morgan fingerprint density at radius 3 is 2.62 bits per heavy atom. The Morgan fingerprint density at radius 2 is 1.94 bits per heavy atom. The molecular weight excluding hydrogens is 204 g/mol. The maximum atomic E-state index is 11.8. The summed E-state index contributed by atoms with van der Waals surface area (Å²) >= 11 is 0. The molecule has 4 heteroatoms. The van der Waals surface area contributed by atoms with Gasteiger partial charge in [-0.05, 0) is 25.0 Å². The van der Waals surface area contributed by atoms with Crippen LogP contribution in [0.1, 0.15) is 29.6 Å². The summed E-state index contributed by atoms with van der Waals surface area (Å²) in [6.45, 7) is 0.609. The second-order valence-corrected chi connectivity index (χ2v) is 3.81. The van der Waals surface area contributed by atoms with Gasteiger partial charge in [-0.25, -0.2) is 0 Å². The zero-order valence-corrected chi connectivity index (χ0v) is 8.98. The number of hydrogen-bond acceptors (Lipinski definition) is 2. The molecule has 0 spiro atoms. The van der Waals surface area contributed by atoms with Crippen LogP contribution in [-0.4, -0.2) is 23.4 Å². The highest BCUT2D eigenvalue weighted by Crippen LogP contribution is 2.08. The first-order valence-corrected chi connectivity index (χ1v) is 5.44. The Hall–Kier alpha value is -1.84. The van der Waals surface area contributed by atoms with E-state index in [2.05, 4.69) is 5.43 Å². The van der Waals surface area contributed by atoms with Crippen molar-refractivity contribution in [3.05, 3.63) is 35.9 Å². The molecule has 0 radical (unpaired) electrons. The molecule has 4 nitrogen and oxygen atoms in total. The number of piperidine rings is 1. The molecule has 1 aliphatic heterocycles. The number of carbonyl (C=O) groups is 2. The number of amides is 2. The molecule has 0 aromatic heterocycles. The quantitative estimate of drug-likeness (QED) is 0.814. The molecule has 84 valence electrons. The van der Waals surface area contributed by atoms with Crippen molar-refractivity contribution >= 4 is 11.8 Å². The molecule has 2 rings (SSSR count). The van der Waals surface area contributed by atoms with Gasteiger partial charge in [-0.2, -0.15) is 0 Å². The van der Waals surface area contributed by atoms with Gasteiger partial charge >= 0.3 is 0 Å². The van der Waals surface area contributed by atoms with Crippen molar-refractivity contribution in [1.82, 2.24) is 10.4 Å². The zero-order chi connectivity index (χ0) is 11.4. The normalized spacial score (nSPS) is 16.0. The van der Waals surface area contributed by atoms with Gasteiger partial charge in [0.2, 0.25) is 5.91 Å². The minimum Gasteiger partial charge on any atom is -0.273 e. The maximum absolute atomic E-state index is 11.8. The first kappa shape index (κ1) is 10.7. The van der Waals surface area contributed by atoms with E-state index < -0.39 is 0 Å². The minimum absolute atomic E-state index is 0.00414. The summed E-state index contributed by atoms with van der Waals surface area (Å²) in [5, 5.41) is 1.42. The van der Waals surface area contributed by atoms with Crippen LogP contribution in [0.15, 0.2) is 30.3 Å². The van der Waals surface area contributed by atoms with Crippen molar-refractivity contribution in [3.63, 3.8) is 0 Å². The minimum atomic E-state index is -0.226. The fourth-order valence-corrected chi connectivity index (χ4v) is 1.70. The van der Waals surface area contributed by atoms with Gasteiger partial charge in [0, 0.05) is 18.5 Å². The molecule has 0 aliphatic carbocycles. The van der Waals surface area contributed by atoms with E-state index in [1.54, 1.807) is 24.3 Å². The monoisotopic (exact) mass is 218 g/mol. The van der Waals surface area contributed by atoms with Crippen LogP contribution in [0, 0.1) is 0 Å². The van der Waals surface area contributed by atoms with Gasteiger partial charge < -0.3 is 0 Å². The van der Waals surface area contributed by atoms with Crippen LogP contribution in [0.4, 0.5) is 0 Å². The average molecular weight is 218 g/mol. The van der Waals surface area contributed by atoms with Crippen LogP contribution < -0.4 is 5.43 Å². The van der Waals surface area contributed by atoms with Crippen molar-refractivity contribution in [1.29, 1.82) is 0 Å². The second kappa shape index (κ2) is 4.79. The predicted octanol–water partition coefficient (Wildman–Crippen LogP) is 1.34. The third-order valence-electron chi connectivity index (χ3n) is 2.60. The number of benzene rings is 1. The first-order valence-electron chi connectivity index (χ1n) is 5.44. The molecule has 0 bridgehead atoms. The van der Waals surface area contributed by atoms with Gasteiger partial charge in [-0.15, -0.1) is 0 Å². The summed E-state index contributed by atoms with van der Waals surface area (Å²) in [6.07, 6.45) is 2.38. The van der Waals surface area contributed by atoms with Crippen molar-refractivity contribution in [2.45, 2.75) is 19.3 Å². The van der Waals surface area contributed by atoms with E-state index >= 15 is 0 Å². The fourth-order valence-electron chi connectivity index (χ4n) is 1.70. The Balaban J connectivity index is 1.99. The molecule has 16 heavy (non-hydrogen) atoms. The number of carbonyl (C=O) groups excluding carboxylic acids is 2. The number of hydrazine groups is 1. The van der Waals surface area contributed by atoms with E-state index in [0.717, 1.165) is 12.8 Å². The van der Waals surface area contributed by atoms with Crippen LogP contribution in [0.2, 0.25) is 0 Å². The topological polar surface area (TPSA) is 49.4 Å². The molecule has 1 aromatic rings. The summed E-state index contributed by atoms with van der Waals surface area (Å²) in [6, 6.07) is 8.90. The third kappa shape index (κ3) is 2.39. The smallest absolute Gasteiger partial charge is 0.269 e. The lowest BCUT2D eigenvalue weighted by Crippen LogP contribution is -2.48. The summed E-state index contributed by atoms with van der Waals surface area (Å²) < 4.78 is 0. The third-order valence-corrected chi connectivity index (χ3v) is 2.60. The van der Waals surface area contributed by atoms with E-state index in [9.17, 15) is 9.59 Å². The van der Waals surface area contributed by atoms with Gasteiger partial charge in [0.15, 0.2) is 0 Å². The molecule has 0 unspecified atom stereocenters. The highest BCUT2D eigenvalue weighted by Gasteiger charge is 2.20. The molecule has 1 N–H and O–H groups in total. The summed E-state index contributed by atoms with van der Waals surface area (Å²) in [7, 11) is 0. The molecule has 1 fully saturated rings. The molecule has 0 atom stereocenters. The molecule has 0 saturated carbocycles. The van der Waals surface area contributed by atoms with E-state index in [0.29, 0.717) is 18.5 Å². The van der Waals surface area contributed by atoms with Crippen molar-refractivity contribution < 1.29 is 9.59 Å². The number of hydrogen-bond donors (Lipinski definition) is 1. The zero-order valence-electron chi connectivity index (χ0n) is 8.98. The van der Waals surface area contributed by atoms with E-state index in [1.807, 2.05) is 6.07 Å². The number of rotatable bonds is 2. The van der Waals surface area contributed by atoms with Gasteiger partial charge in [-0.3, -0.25) is 20.0 Å². The molecular formula is C12H14N2O2. The van der Waals surface area contributed by atoms with Gasteiger partial charge in [0.1, 0.15) is 0 Å². The lowest BCUT2D eigenvalue weighted by molar-refractivity contribution is -0.135.